The molecular weight excluding hydrogens is 236 g/mol. The van der Waals surface area contributed by atoms with Crippen LogP contribution >= 0.6 is 0 Å². The SMILES string of the molecule is CC[C@H]1OC(OC)(c2ccccc2)[C@H](C)[C@@H](C)[C@@H]1C. The van der Waals surface area contributed by atoms with Gasteiger partial charge in [-0.15, -0.1) is 0 Å². The van der Waals surface area contributed by atoms with Crippen molar-refractivity contribution in [2.75, 3.05) is 7.11 Å². The lowest BCUT2D eigenvalue weighted by atomic mass is 9.72. The second-order valence-electron chi connectivity index (χ2n) is 5.81. The molecule has 0 saturated carbocycles. The summed E-state index contributed by atoms with van der Waals surface area (Å²) in [5.41, 5.74) is 1.13. The topological polar surface area (TPSA) is 18.5 Å². The van der Waals surface area contributed by atoms with Crippen molar-refractivity contribution in [1.82, 2.24) is 0 Å². The summed E-state index contributed by atoms with van der Waals surface area (Å²) in [6, 6.07) is 10.3. The summed E-state index contributed by atoms with van der Waals surface area (Å²) in [6.07, 6.45) is 1.28. The van der Waals surface area contributed by atoms with Gasteiger partial charge >= 0.3 is 0 Å². The van der Waals surface area contributed by atoms with Gasteiger partial charge in [0.05, 0.1) is 6.10 Å². The second-order valence-corrected chi connectivity index (χ2v) is 5.81. The quantitative estimate of drug-likeness (QED) is 0.812. The molecule has 19 heavy (non-hydrogen) atoms. The molecule has 0 bridgehead atoms. The van der Waals surface area contributed by atoms with E-state index in [2.05, 4.69) is 52.0 Å². The minimum Gasteiger partial charge on any atom is -0.349 e. The lowest BCUT2D eigenvalue weighted by Crippen LogP contribution is -2.52. The summed E-state index contributed by atoms with van der Waals surface area (Å²) < 4.78 is 12.3. The first-order valence-corrected chi connectivity index (χ1v) is 7.35. The fourth-order valence-electron chi connectivity index (χ4n) is 3.39. The zero-order valence-corrected chi connectivity index (χ0v) is 12.7. The largest absolute Gasteiger partial charge is 0.349 e. The summed E-state index contributed by atoms with van der Waals surface area (Å²) in [5, 5.41) is 0. The van der Waals surface area contributed by atoms with Gasteiger partial charge in [0.15, 0.2) is 5.79 Å². The number of ether oxygens (including phenoxy) is 2. The van der Waals surface area contributed by atoms with Crippen molar-refractivity contribution in [3.8, 4) is 0 Å². The van der Waals surface area contributed by atoms with E-state index in [4.69, 9.17) is 9.47 Å². The second kappa shape index (κ2) is 5.64. The van der Waals surface area contributed by atoms with Crippen LogP contribution in [-0.2, 0) is 15.3 Å². The molecule has 2 rings (SSSR count). The van der Waals surface area contributed by atoms with Gasteiger partial charge in [-0.1, -0.05) is 58.0 Å². The van der Waals surface area contributed by atoms with Crippen LogP contribution < -0.4 is 0 Å². The summed E-state index contributed by atoms with van der Waals surface area (Å²) >= 11 is 0. The maximum absolute atomic E-state index is 6.43. The number of hydrogen-bond acceptors (Lipinski definition) is 2. The van der Waals surface area contributed by atoms with Gasteiger partial charge in [-0.3, -0.25) is 0 Å². The molecule has 1 saturated heterocycles. The predicted molar refractivity (Wildman–Crippen MR) is 77.8 cm³/mol. The Hall–Kier alpha value is -0.860. The van der Waals surface area contributed by atoms with Crippen molar-refractivity contribution >= 4 is 0 Å². The minimum absolute atomic E-state index is 0.256. The van der Waals surface area contributed by atoms with Crippen molar-refractivity contribution in [3.63, 3.8) is 0 Å². The van der Waals surface area contributed by atoms with Crippen LogP contribution in [0.15, 0.2) is 30.3 Å². The molecule has 0 aromatic heterocycles. The fourth-order valence-corrected chi connectivity index (χ4v) is 3.39. The molecule has 1 unspecified atom stereocenters. The fraction of sp³-hybridized carbons (Fsp3) is 0.647. The minimum atomic E-state index is -0.603. The van der Waals surface area contributed by atoms with Crippen molar-refractivity contribution in [2.45, 2.75) is 46.0 Å². The zero-order valence-electron chi connectivity index (χ0n) is 12.7. The van der Waals surface area contributed by atoms with Crippen LogP contribution in [0.2, 0.25) is 0 Å². The smallest absolute Gasteiger partial charge is 0.197 e. The Kier molecular flexibility index (Phi) is 4.32. The highest BCUT2D eigenvalue weighted by Gasteiger charge is 2.50. The molecule has 1 fully saturated rings. The number of benzene rings is 1. The van der Waals surface area contributed by atoms with Gasteiger partial charge in [0.2, 0.25) is 0 Å². The monoisotopic (exact) mass is 262 g/mol. The van der Waals surface area contributed by atoms with Crippen molar-refractivity contribution < 1.29 is 9.47 Å². The number of hydrogen-bond donors (Lipinski definition) is 0. The average Bonchev–Trinajstić information content (AvgIpc) is 2.47. The summed E-state index contributed by atoms with van der Waals surface area (Å²) in [5.74, 6) is 0.858. The first-order valence-electron chi connectivity index (χ1n) is 7.35. The standard InChI is InChI=1S/C17H26O2/c1-6-16-13(3)12(2)14(4)17(18-5,19-16)15-10-8-7-9-11-15/h7-14,16H,6H2,1-5H3/t12-,13-,14+,16+,17?/m0/s1. The summed E-state index contributed by atoms with van der Waals surface area (Å²) in [4.78, 5) is 0. The van der Waals surface area contributed by atoms with Gasteiger partial charge in [-0.2, -0.15) is 0 Å². The third-order valence-corrected chi connectivity index (χ3v) is 5.01. The maximum atomic E-state index is 6.43. The van der Waals surface area contributed by atoms with Crippen molar-refractivity contribution in [3.05, 3.63) is 35.9 Å². The predicted octanol–water partition coefficient (Wildman–Crippen LogP) is 4.20. The van der Waals surface area contributed by atoms with Gasteiger partial charge in [0, 0.05) is 18.6 Å². The highest BCUT2D eigenvalue weighted by atomic mass is 16.7. The Morgan fingerprint density at radius 2 is 1.74 bits per heavy atom. The van der Waals surface area contributed by atoms with E-state index in [1.54, 1.807) is 7.11 Å². The van der Waals surface area contributed by atoms with E-state index in [9.17, 15) is 0 Å². The molecule has 1 aliphatic rings. The van der Waals surface area contributed by atoms with E-state index in [-0.39, 0.29) is 6.10 Å². The van der Waals surface area contributed by atoms with E-state index in [0.29, 0.717) is 17.8 Å². The van der Waals surface area contributed by atoms with Gasteiger partial charge in [0.1, 0.15) is 0 Å². The Morgan fingerprint density at radius 1 is 1.11 bits per heavy atom. The highest BCUT2D eigenvalue weighted by molar-refractivity contribution is 5.22. The van der Waals surface area contributed by atoms with Crippen LogP contribution in [0.3, 0.4) is 0 Å². The van der Waals surface area contributed by atoms with E-state index >= 15 is 0 Å². The van der Waals surface area contributed by atoms with Crippen LogP contribution in [0.4, 0.5) is 0 Å². The van der Waals surface area contributed by atoms with Gasteiger partial charge in [-0.25, -0.2) is 0 Å². The Morgan fingerprint density at radius 3 is 2.26 bits per heavy atom. The molecule has 0 spiro atoms. The summed E-state index contributed by atoms with van der Waals surface area (Å²) in [7, 11) is 1.76. The third-order valence-electron chi connectivity index (χ3n) is 5.01. The normalized spacial score (nSPS) is 39.2. The van der Waals surface area contributed by atoms with Crippen LogP contribution in [-0.4, -0.2) is 13.2 Å². The van der Waals surface area contributed by atoms with Crippen LogP contribution in [0, 0.1) is 17.8 Å². The lowest BCUT2D eigenvalue weighted by Gasteiger charge is -2.51. The Bertz CT molecular complexity index is 401. The van der Waals surface area contributed by atoms with Gasteiger partial charge < -0.3 is 9.47 Å². The molecule has 2 nitrogen and oxygen atoms in total. The maximum Gasteiger partial charge on any atom is 0.197 e. The molecule has 106 valence electrons. The lowest BCUT2D eigenvalue weighted by molar-refractivity contribution is -0.328. The number of rotatable bonds is 3. The molecule has 1 aromatic carbocycles. The molecule has 0 radical (unpaired) electrons. The van der Waals surface area contributed by atoms with Gasteiger partial charge in [-0.05, 0) is 18.3 Å². The first kappa shape index (κ1) is 14.5. The number of methoxy groups -OCH3 is 1. The van der Waals surface area contributed by atoms with E-state index < -0.39 is 5.79 Å². The van der Waals surface area contributed by atoms with E-state index in [1.165, 1.54) is 0 Å². The Balaban J connectivity index is 2.43. The molecular formula is C17H26O2. The molecule has 0 N–H and O–H groups in total. The van der Waals surface area contributed by atoms with Gasteiger partial charge in [0.25, 0.3) is 0 Å². The molecule has 1 aromatic rings. The molecule has 5 atom stereocenters. The zero-order chi connectivity index (χ0) is 14.0. The highest BCUT2D eigenvalue weighted by Crippen LogP contribution is 2.48. The Labute approximate surface area is 117 Å². The van der Waals surface area contributed by atoms with Crippen molar-refractivity contribution in [1.29, 1.82) is 0 Å². The van der Waals surface area contributed by atoms with Crippen LogP contribution in [0.1, 0.15) is 39.7 Å². The average molecular weight is 262 g/mol. The first-order chi connectivity index (χ1) is 9.06. The summed E-state index contributed by atoms with van der Waals surface area (Å²) in [6.45, 7) is 9.04. The molecule has 0 aliphatic carbocycles. The third kappa shape index (κ3) is 2.32. The molecule has 1 heterocycles. The van der Waals surface area contributed by atoms with E-state index in [1.807, 2.05) is 6.07 Å². The molecule has 1 aliphatic heterocycles. The van der Waals surface area contributed by atoms with E-state index in [0.717, 1.165) is 12.0 Å². The molecule has 0 amide bonds. The molecule has 2 heteroatoms. The van der Waals surface area contributed by atoms with Crippen molar-refractivity contribution in [2.24, 2.45) is 17.8 Å². The van der Waals surface area contributed by atoms with Crippen LogP contribution in [0.25, 0.3) is 0 Å². The van der Waals surface area contributed by atoms with Crippen LogP contribution in [0.5, 0.6) is 0 Å².